The third kappa shape index (κ3) is 2.93. The number of hydrogen-bond donors (Lipinski definition) is 3. The van der Waals surface area contributed by atoms with E-state index in [2.05, 4.69) is 20.1 Å². The van der Waals surface area contributed by atoms with Crippen LogP contribution in [-0.2, 0) is 32.4 Å². The van der Waals surface area contributed by atoms with E-state index >= 15 is 0 Å². The van der Waals surface area contributed by atoms with Crippen molar-refractivity contribution >= 4 is 26.7 Å². The van der Waals surface area contributed by atoms with Crippen LogP contribution in [0.5, 0.6) is 5.75 Å². The first kappa shape index (κ1) is 15.5. The summed E-state index contributed by atoms with van der Waals surface area (Å²) in [4.78, 5) is 0.111. The average molecular weight is 398 g/mol. The first-order chi connectivity index (χ1) is 9.58. The molecule has 0 unspecified atom stereocenters. The van der Waals surface area contributed by atoms with Gasteiger partial charge in [0.15, 0.2) is 11.3 Å². The van der Waals surface area contributed by atoms with E-state index in [1.807, 2.05) is 0 Å². The minimum atomic E-state index is -3.76. The second-order valence-electron chi connectivity index (χ2n) is 4.09. The fourth-order valence-corrected chi connectivity index (χ4v) is 2.87. The van der Waals surface area contributed by atoms with Gasteiger partial charge in [-0.25, -0.2) is 8.42 Å². The molecule has 0 saturated carbocycles. The Morgan fingerprint density at radius 2 is 1.81 bits per heavy atom. The van der Waals surface area contributed by atoms with Crippen LogP contribution in [0.25, 0.3) is 11.0 Å². The number of aromatic hydroxyl groups is 1. The van der Waals surface area contributed by atoms with E-state index in [-0.39, 0.29) is 44.2 Å². The third-order valence-electron chi connectivity index (χ3n) is 2.77. The second-order valence-corrected chi connectivity index (χ2v) is 5.77. The first-order valence-corrected chi connectivity index (χ1v) is 7.17. The Balaban J connectivity index is 0.00000161. The zero-order valence-electron chi connectivity index (χ0n) is 10.4. The standard InChI is InChI=1S/C12H10N4O3S.Ag/c17-12-10(7-6-9-11(12)14-16-13-9)15-20(18,19)8-4-2-1-3-5-8;/h1-7,15,17H,(H,13,14,16);. The van der Waals surface area contributed by atoms with Gasteiger partial charge < -0.3 is 5.11 Å². The number of benzene rings is 2. The number of sulfonamides is 1. The Bertz CT molecular complexity index is 865. The fourth-order valence-electron chi connectivity index (χ4n) is 1.79. The number of anilines is 1. The monoisotopic (exact) mass is 397 g/mol. The molecule has 113 valence electrons. The van der Waals surface area contributed by atoms with Crippen molar-refractivity contribution in [1.82, 2.24) is 15.4 Å². The molecule has 0 saturated heterocycles. The van der Waals surface area contributed by atoms with Crippen molar-refractivity contribution in [1.29, 1.82) is 0 Å². The van der Waals surface area contributed by atoms with Crippen molar-refractivity contribution in [3.05, 3.63) is 42.5 Å². The second kappa shape index (κ2) is 5.86. The molecule has 3 rings (SSSR count). The van der Waals surface area contributed by atoms with Crippen LogP contribution in [0.3, 0.4) is 0 Å². The van der Waals surface area contributed by atoms with E-state index < -0.39 is 10.0 Å². The van der Waals surface area contributed by atoms with Crippen LogP contribution in [-0.4, -0.2) is 28.9 Å². The van der Waals surface area contributed by atoms with E-state index in [0.717, 1.165) is 0 Å². The Morgan fingerprint density at radius 3 is 2.52 bits per heavy atom. The molecule has 0 atom stereocenters. The molecule has 7 nitrogen and oxygen atoms in total. The number of rotatable bonds is 3. The van der Waals surface area contributed by atoms with Gasteiger partial charge in [-0.3, -0.25) is 9.82 Å². The van der Waals surface area contributed by atoms with E-state index in [9.17, 15) is 13.5 Å². The van der Waals surface area contributed by atoms with Crippen LogP contribution in [0.4, 0.5) is 5.69 Å². The molecule has 3 aromatic rings. The number of aromatic amines is 1. The van der Waals surface area contributed by atoms with E-state index in [0.29, 0.717) is 5.52 Å². The van der Waals surface area contributed by atoms with Crippen molar-refractivity contribution in [3.8, 4) is 5.75 Å². The number of nitrogens with one attached hydrogen (secondary N) is 2. The maximum Gasteiger partial charge on any atom is 0.262 e. The fraction of sp³-hybridized carbons (Fsp3) is 0. The van der Waals surface area contributed by atoms with Gasteiger partial charge in [0.25, 0.3) is 10.0 Å². The summed E-state index contributed by atoms with van der Waals surface area (Å²) < 4.78 is 26.6. The molecule has 0 spiro atoms. The molecule has 0 fully saturated rings. The predicted octanol–water partition coefficient (Wildman–Crippen LogP) is 1.46. The number of fused-ring (bicyclic) bond motifs is 1. The molecule has 1 radical (unpaired) electrons. The van der Waals surface area contributed by atoms with Crippen LogP contribution in [0, 0.1) is 0 Å². The topological polar surface area (TPSA) is 108 Å². The van der Waals surface area contributed by atoms with Crippen LogP contribution in [0.2, 0.25) is 0 Å². The summed E-state index contributed by atoms with van der Waals surface area (Å²) in [5.41, 5.74) is 0.777. The van der Waals surface area contributed by atoms with Crippen molar-refractivity contribution in [2.24, 2.45) is 0 Å². The molecule has 9 heteroatoms. The maximum absolute atomic E-state index is 12.2. The maximum atomic E-state index is 12.2. The molecule has 0 aliphatic carbocycles. The Hall–Kier alpha value is -1.87. The van der Waals surface area contributed by atoms with Crippen molar-refractivity contribution < 1.29 is 35.9 Å². The predicted molar refractivity (Wildman–Crippen MR) is 72.8 cm³/mol. The van der Waals surface area contributed by atoms with Gasteiger partial charge in [0.05, 0.1) is 16.1 Å². The van der Waals surface area contributed by atoms with E-state index in [1.165, 1.54) is 18.2 Å². The summed E-state index contributed by atoms with van der Waals surface area (Å²) in [6.07, 6.45) is 0. The van der Waals surface area contributed by atoms with Crippen LogP contribution in [0.1, 0.15) is 0 Å². The minimum Gasteiger partial charge on any atom is -0.504 e. The first-order valence-electron chi connectivity index (χ1n) is 5.68. The molecule has 2 aromatic carbocycles. The van der Waals surface area contributed by atoms with Gasteiger partial charge in [-0.05, 0) is 24.3 Å². The third-order valence-corrected chi connectivity index (χ3v) is 4.15. The van der Waals surface area contributed by atoms with Gasteiger partial charge in [0, 0.05) is 22.4 Å². The number of nitrogens with zero attached hydrogens (tertiary/aromatic N) is 2. The van der Waals surface area contributed by atoms with Crippen molar-refractivity contribution in [2.75, 3.05) is 4.72 Å². The van der Waals surface area contributed by atoms with Crippen LogP contribution >= 0.6 is 0 Å². The van der Waals surface area contributed by atoms with Gasteiger partial charge in [0.1, 0.15) is 0 Å². The summed E-state index contributed by atoms with van der Waals surface area (Å²) in [5, 5.41) is 19.8. The molecular weight excluding hydrogens is 388 g/mol. The molecule has 0 amide bonds. The Morgan fingerprint density at radius 1 is 1.10 bits per heavy atom. The normalized spacial score (nSPS) is 11.0. The summed E-state index contributed by atoms with van der Waals surface area (Å²) in [6, 6.07) is 10.9. The van der Waals surface area contributed by atoms with Gasteiger partial charge in [-0.15, -0.1) is 5.10 Å². The van der Waals surface area contributed by atoms with E-state index in [1.54, 1.807) is 24.3 Å². The average Bonchev–Trinajstić information content (AvgIpc) is 2.92. The van der Waals surface area contributed by atoms with Crippen LogP contribution in [0.15, 0.2) is 47.4 Å². The molecule has 0 aliphatic heterocycles. The molecular formula is C12H10AgN4O3S. The molecule has 3 N–H and O–H groups in total. The van der Waals surface area contributed by atoms with Crippen molar-refractivity contribution in [3.63, 3.8) is 0 Å². The molecule has 0 aliphatic rings. The summed E-state index contributed by atoms with van der Waals surface area (Å²) in [5.74, 6) is -0.268. The van der Waals surface area contributed by atoms with Gasteiger partial charge in [0.2, 0.25) is 0 Å². The number of phenolic OH excluding ortho intramolecular Hbond substituents is 1. The molecule has 0 bridgehead atoms. The SMILES string of the molecule is O=S(=O)(Nc1ccc2[nH]nnc2c1O)c1ccccc1.[Ag]. The largest absolute Gasteiger partial charge is 0.504 e. The molecule has 21 heavy (non-hydrogen) atoms. The zero-order chi connectivity index (χ0) is 14.2. The number of aromatic nitrogens is 3. The van der Waals surface area contributed by atoms with Crippen molar-refractivity contribution in [2.45, 2.75) is 4.90 Å². The van der Waals surface area contributed by atoms with Gasteiger partial charge in [-0.1, -0.05) is 23.4 Å². The smallest absolute Gasteiger partial charge is 0.262 e. The summed E-state index contributed by atoms with van der Waals surface area (Å²) in [6.45, 7) is 0. The molecule has 1 aromatic heterocycles. The minimum absolute atomic E-state index is 0. The Kier molecular flexibility index (Phi) is 4.33. The van der Waals surface area contributed by atoms with Crippen LogP contribution < -0.4 is 4.72 Å². The van der Waals surface area contributed by atoms with E-state index in [4.69, 9.17) is 0 Å². The zero-order valence-corrected chi connectivity index (χ0v) is 12.7. The summed E-state index contributed by atoms with van der Waals surface area (Å²) in [7, 11) is -3.76. The number of H-pyrrole nitrogens is 1. The molecule has 1 heterocycles. The Labute approximate surface area is 135 Å². The quantitative estimate of drug-likeness (QED) is 0.458. The number of hydrogen-bond acceptors (Lipinski definition) is 5. The van der Waals surface area contributed by atoms with Gasteiger partial charge >= 0.3 is 0 Å². The van der Waals surface area contributed by atoms with Gasteiger partial charge in [-0.2, -0.15) is 0 Å². The summed E-state index contributed by atoms with van der Waals surface area (Å²) >= 11 is 0. The number of phenols is 1.